The van der Waals surface area contributed by atoms with Gasteiger partial charge in [0.05, 0.1) is 0 Å². The summed E-state index contributed by atoms with van der Waals surface area (Å²) in [5, 5.41) is 38.2. The molecule has 0 amide bonds. The zero-order chi connectivity index (χ0) is 37.9. The minimum Gasteiger partial charge on any atom is -0.508 e. The summed E-state index contributed by atoms with van der Waals surface area (Å²) >= 11 is 0. The van der Waals surface area contributed by atoms with Gasteiger partial charge in [0.1, 0.15) is 23.0 Å². The number of rotatable bonds is 8. The molecular formula is C48H52O4. The Morgan fingerprint density at radius 3 is 0.635 bits per heavy atom. The molecule has 0 aliphatic carbocycles. The van der Waals surface area contributed by atoms with Gasteiger partial charge in [-0.25, -0.2) is 0 Å². The highest BCUT2D eigenvalue weighted by Gasteiger charge is 2.29. The number of hydrogen-bond donors (Lipinski definition) is 4. The molecule has 4 nitrogen and oxygen atoms in total. The van der Waals surface area contributed by atoms with Crippen molar-refractivity contribution in [3.05, 3.63) is 190 Å². The summed E-state index contributed by atoms with van der Waals surface area (Å²) in [6.07, 6.45) is 0. The molecule has 0 saturated carbocycles. The van der Waals surface area contributed by atoms with Gasteiger partial charge in [0, 0.05) is 21.7 Å². The third-order valence-corrected chi connectivity index (χ3v) is 11.0. The highest BCUT2D eigenvalue weighted by molar-refractivity contribution is 5.47. The van der Waals surface area contributed by atoms with Crippen molar-refractivity contribution in [2.45, 2.75) is 77.0 Å². The van der Waals surface area contributed by atoms with Gasteiger partial charge < -0.3 is 20.4 Å². The van der Waals surface area contributed by atoms with E-state index in [2.05, 4.69) is 104 Å². The van der Waals surface area contributed by atoms with Crippen LogP contribution in [0.3, 0.4) is 0 Å². The van der Waals surface area contributed by atoms with Gasteiger partial charge in [0.15, 0.2) is 0 Å². The third-order valence-electron chi connectivity index (χ3n) is 11.0. The fourth-order valence-corrected chi connectivity index (χ4v) is 6.78. The molecule has 4 heteroatoms. The van der Waals surface area contributed by atoms with Crippen molar-refractivity contribution in [3.63, 3.8) is 0 Å². The minimum atomic E-state index is -0.172. The fraction of sp³-hybridized carbons (Fsp3) is 0.250. The van der Waals surface area contributed by atoms with E-state index in [1.54, 1.807) is 48.5 Å². The van der Waals surface area contributed by atoms with Crippen molar-refractivity contribution >= 4 is 0 Å². The highest BCUT2D eigenvalue weighted by atomic mass is 16.3. The minimum absolute atomic E-state index is 0.144. The third kappa shape index (κ3) is 8.02. The molecule has 0 atom stereocenters. The maximum absolute atomic E-state index is 9.57. The molecule has 0 aliphatic rings. The smallest absolute Gasteiger partial charge is 0.115 e. The topological polar surface area (TPSA) is 80.9 Å². The molecule has 6 aromatic rings. The zero-order valence-corrected chi connectivity index (χ0v) is 31.6. The van der Waals surface area contributed by atoms with Crippen LogP contribution in [-0.4, -0.2) is 20.4 Å². The monoisotopic (exact) mass is 692 g/mol. The lowest BCUT2D eigenvalue weighted by Crippen LogP contribution is -2.22. The maximum Gasteiger partial charge on any atom is 0.115 e. The number of aromatic hydroxyl groups is 4. The van der Waals surface area contributed by atoms with E-state index in [-0.39, 0.29) is 44.7 Å². The van der Waals surface area contributed by atoms with Crippen molar-refractivity contribution in [1.29, 1.82) is 0 Å². The standard InChI is InChI=1S/2C24H26O2/c1-23(2,19-9-13-21(25)14-10-19)17-5-7-18(8-6-17)24(3,4)20-11-15-22(26)16-12-20;1-23(2,17-8-12-21(25)13-9-17)19-6-5-7-20(16-19)24(3,4)18-10-14-22(26)15-11-18/h2*5-16,25-26H,1-4H3. The Morgan fingerprint density at radius 1 is 0.250 bits per heavy atom. The molecule has 0 heterocycles. The van der Waals surface area contributed by atoms with Crippen LogP contribution in [0.15, 0.2) is 146 Å². The molecule has 0 aromatic heterocycles. The van der Waals surface area contributed by atoms with Gasteiger partial charge in [0.25, 0.3) is 0 Å². The molecule has 268 valence electrons. The SMILES string of the molecule is CC(C)(c1ccc(O)cc1)c1ccc(C(C)(C)c2ccc(O)cc2)cc1.CC(C)(c1ccc(O)cc1)c1cccc(C(C)(C)c2ccc(O)cc2)c1. The molecule has 6 aromatic carbocycles. The van der Waals surface area contributed by atoms with Crippen molar-refractivity contribution in [2.75, 3.05) is 0 Å². The molecule has 4 N–H and O–H groups in total. The van der Waals surface area contributed by atoms with Gasteiger partial charge >= 0.3 is 0 Å². The summed E-state index contributed by atoms with van der Waals surface area (Å²) in [5.41, 5.74) is 8.95. The fourth-order valence-electron chi connectivity index (χ4n) is 6.78. The van der Waals surface area contributed by atoms with E-state index in [1.165, 1.54) is 33.4 Å². The van der Waals surface area contributed by atoms with Gasteiger partial charge in [-0.05, 0) is 93.0 Å². The maximum atomic E-state index is 9.57. The molecule has 0 saturated heterocycles. The second-order valence-electron chi connectivity index (χ2n) is 15.8. The van der Waals surface area contributed by atoms with Crippen LogP contribution in [0.1, 0.15) is 99.9 Å². The van der Waals surface area contributed by atoms with Crippen LogP contribution in [0.25, 0.3) is 0 Å². The lowest BCUT2D eigenvalue weighted by Gasteiger charge is -2.31. The van der Waals surface area contributed by atoms with Crippen LogP contribution in [0.4, 0.5) is 0 Å². The Balaban J connectivity index is 0.000000201. The lowest BCUT2D eigenvalue weighted by atomic mass is 9.73. The van der Waals surface area contributed by atoms with Crippen LogP contribution in [0.5, 0.6) is 23.0 Å². The van der Waals surface area contributed by atoms with E-state index in [0.717, 1.165) is 11.1 Å². The Bertz CT molecular complexity index is 1920. The molecule has 0 unspecified atom stereocenters. The van der Waals surface area contributed by atoms with Gasteiger partial charge in [-0.3, -0.25) is 0 Å². The summed E-state index contributed by atoms with van der Waals surface area (Å²) < 4.78 is 0. The summed E-state index contributed by atoms with van der Waals surface area (Å²) in [6, 6.07) is 47.1. The molecular weight excluding hydrogens is 641 g/mol. The predicted molar refractivity (Wildman–Crippen MR) is 214 cm³/mol. The van der Waals surface area contributed by atoms with Crippen LogP contribution in [-0.2, 0) is 21.7 Å². The Labute approximate surface area is 309 Å². The molecule has 0 aliphatic heterocycles. The van der Waals surface area contributed by atoms with Crippen LogP contribution < -0.4 is 0 Å². The number of hydrogen-bond acceptors (Lipinski definition) is 4. The average Bonchev–Trinajstić information content (AvgIpc) is 3.13. The van der Waals surface area contributed by atoms with Gasteiger partial charge in [-0.1, -0.05) is 152 Å². The second-order valence-corrected chi connectivity index (χ2v) is 15.8. The van der Waals surface area contributed by atoms with Crippen molar-refractivity contribution in [3.8, 4) is 23.0 Å². The van der Waals surface area contributed by atoms with Crippen LogP contribution in [0.2, 0.25) is 0 Å². The first-order chi connectivity index (χ1) is 24.4. The molecule has 0 spiro atoms. The predicted octanol–water partition coefficient (Wildman–Crippen LogP) is 11.5. The van der Waals surface area contributed by atoms with E-state index in [4.69, 9.17) is 0 Å². The Morgan fingerprint density at radius 2 is 0.423 bits per heavy atom. The highest BCUT2D eigenvalue weighted by Crippen LogP contribution is 2.39. The van der Waals surface area contributed by atoms with E-state index < -0.39 is 0 Å². The normalized spacial score (nSPS) is 12.2. The summed E-state index contributed by atoms with van der Waals surface area (Å²) in [5.74, 6) is 1.14. The van der Waals surface area contributed by atoms with Crippen molar-refractivity contribution in [1.82, 2.24) is 0 Å². The Kier molecular flexibility index (Phi) is 10.6. The number of benzene rings is 6. The summed E-state index contributed by atoms with van der Waals surface area (Å²) in [7, 11) is 0. The van der Waals surface area contributed by atoms with Gasteiger partial charge in [-0.15, -0.1) is 0 Å². The first-order valence-corrected chi connectivity index (χ1v) is 17.8. The molecule has 6 rings (SSSR count). The first kappa shape index (κ1) is 37.8. The Hall–Kier alpha value is -5.48. The quantitative estimate of drug-likeness (QED) is 0.128. The number of phenolic OH excluding ortho intramolecular Hbond substituents is 4. The van der Waals surface area contributed by atoms with Gasteiger partial charge in [-0.2, -0.15) is 0 Å². The van der Waals surface area contributed by atoms with Crippen molar-refractivity contribution in [2.24, 2.45) is 0 Å². The van der Waals surface area contributed by atoms with Crippen molar-refractivity contribution < 1.29 is 20.4 Å². The van der Waals surface area contributed by atoms with Crippen LogP contribution in [0, 0.1) is 0 Å². The molecule has 0 radical (unpaired) electrons. The lowest BCUT2D eigenvalue weighted by molar-refractivity contribution is 0.473. The second kappa shape index (κ2) is 14.6. The van der Waals surface area contributed by atoms with E-state index in [9.17, 15) is 20.4 Å². The largest absolute Gasteiger partial charge is 0.508 e. The average molecular weight is 693 g/mol. The molecule has 52 heavy (non-hydrogen) atoms. The summed E-state index contributed by atoms with van der Waals surface area (Å²) in [4.78, 5) is 0. The van der Waals surface area contributed by atoms with E-state index >= 15 is 0 Å². The van der Waals surface area contributed by atoms with Crippen LogP contribution >= 0.6 is 0 Å². The van der Waals surface area contributed by atoms with Gasteiger partial charge in [0.2, 0.25) is 0 Å². The molecule has 0 fully saturated rings. The first-order valence-electron chi connectivity index (χ1n) is 17.8. The van der Waals surface area contributed by atoms with E-state index in [0.29, 0.717) is 0 Å². The zero-order valence-electron chi connectivity index (χ0n) is 31.6. The van der Waals surface area contributed by atoms with E-state index in [1.807, 2.05) is 48.5 Å². The summed E-state index contributed by atoms with van der Waals surface area (Å²) in [6.45, 7) is 17.6. The number of phenols is 4. The molecule has 0 bridgehead atoms.